The molecular weight excluding hydrogens is 184 g/mol. The van der Waals surface area contributed by atoms with Gasteiger partial charge in [0, 0.05) is 11.9 Å². The molecule has 0 spiro atoms. The highest BCUT2D eigenvalue weighted by molar-refractivity contribution is 6.18. The van der Waals surface area contributed by atoms with E-state index in [0.717, 1.165) is 5.88 Å². The molecule has 1 aliphatic rings. The summed E-state index contributed by atoms with van der Waals surface area (Å²) in [5, 5.41) is 0. The predicted molar refractivity (Wildman–Crippen MR) is 58.5 cm³/mol. The van der Waals surface area contributed by atoms with Gasteiger partial charge in [-0.1, -0.05) is 0 Å². The maximum absolute atomic E-state index is 5.89. The molecule has 0 aromatic rings. The topological polar surface area (TPSA) is 6.48 Å². The molecule has 1 saturated heterocycles. The van der Waals surface area contributed by atoms with Crippen LogP contribution in [-0.4, -0.2) is 55.5 Å². The van der Waals surface area contributed by atoms with Crippen LogP contribution in [0.2, 0.25) is 0 Å². The zero-order chi connectivity index (χ0) is 9.68. The largest absolute Gasteiger partial charge is 0.309 e. The molecule has 1 atom stereocenters. The summed E-state index contributed by atoms with van der Waals surface area (Å²) in [7, 11) is 4.26. The van der Waals surface area contributed by atoms with Crippen molar-refractivity contribution in [1.82, 2.24) is 9.80 Å². The van der Waals surface area contributed by atoms with Crippen molar-refractivity contribution < 1.29 is 0 Å². The second kappa shape index (κ2) is 5.84. The summed E-state index contributed by atoms with van der Waals surface area (Å²) < 4.78 is 0. The van der Waals surface area contributed by atoms with Crippen LogP contribution in [0.1, 0.15) is 19.3 Å². The van der Waals surface area contributed by atoms with E-state index in [1.54, 1.807) is 0 Å². The van der Waals surface area contributed by atoms with Gasteiger partial charge in [0.05, 0.1) is 0 Å². The summed E-state index contributed by atoms with van der Waals surface area (Å²) in [6.45, 7) is 3.66. The first-order valence-corrected chi connectivity index (χ1v) is 5.72. The van der Waals surface area contributed by atoms with Crippen molar-refractivity contribution in [1.29, 1.82) is 0 Å². The molecule has 13 heavy (non-hydrogen) atoms. The van der Waals surface area contributed by atoms with Gasteiger partial charge < -0.3 is 4.90 Å². The zero-order valence-electron chi connectivity index (χ0n) is 8.80. The summed E-state index contributed by atoms with van der Waals surface area (Å²) in [4.78, 5) is 4.78. The Morgan fingerprint density at radius 3 is 2.85 bits per heavy atom. The fourth-order valence-electron chi connectivity index (χ4n) is 1.95. The van der Waals surface area contributed by atoms with Gasteiger partial charge in [0.25, 0.3) is 0 Å². The second-order valence-electron chi connectivity index (χ2n) is 4.14. The Labute approximate surface area is 86.8 Å². The van der Waals surface area contributed by atoms with Crippen molar-refractivity contribution in [2.75, 3.05) is 39.6 Å². The molecule has 1 rings (SSSR count). The van der Waals surface area contributed by atoms with E-state index in [1.165, 1.54) is 38.9 Å². The van der Waals surface area contributed by atoms with Crippen LogP contribution in [0.3, 0.4) is 0 Å². The number of rotatable bonds is 5. The molecule has 1 fully saturated rings. The van der Waals surface area contributed by atoms with E-state index in [0.29, 0.717) is 6.04 Å². The molecule has 0 aromatic heterocycles. The highest BCUT2D eigenvalue weighted by atomic mass is 35.5. The van der Waals surface area contributed by atoms with E-state index in [4.69, 9.17) is 11.6 Å². The SMILES string of the molecule is CN(C)CCCN1CCCC1CCl. The van der Waals surface area contributed by atoms with Crippen LogP contribution in [0.5, 0.6) is 0 Å². The average molecular weight is 205 g/mol. The van der Waals surface area contributed by atoms with Crippen molar-refractivity contribution in [3.05, 3.63) is 0 Å². The summed E-state index contributed by atoms with van der Waals surface area (Å²) in [6.07, 6.45) is 3.89. The van der Waals surface area contributed by atoms with Crippen molar-refractivity contribution in [2.24, 2.45) is 0 Å². The van der Waals surface area contributed by atoms with Gasteiger partial charge in [0.15, 0.2) is 0 Å². The summed E-state index contributed by atoms with van der Waals surface area (Å²) in [5.41, 5.74) is 0. The number of alkyl halides is 1. The first kappa shape index (κ1) is 11.3. The minimum atomic E-state index is 0.656. The predicted octanol–water partition coefficient (Wildman–Crippen LogP) is 1.64. The molecule has 0 bridgehead atoms. The molecule has 1 unspecified atom stereocenters. The Bertz CT molecular complexity index is 139. The smallest absolute Gasteiger partial charge is 0.0379 e. The van der Waals surface area contributed by atoms with Gasteiger partial charge in [0.1, 0.15) is 0 Å². The zero-order valence-corrected chi connectivity index (χ0v) is 9.56. The normalized spacial score (nSPS) is 24.5. The van der Waals surface area contributed by atoms with E-state index < -0.39 is 0 Å². The van der Waals surface area contributed by atoms with Crippen LogP contribution in [0.15, 0.2) is 0 Å². The van der Waals surface area contributed by atoms with Gasteiger partial charge in [-0.05, 0) is 53.0 Å². The Balaban J connectivity index is 2.13. The lowest BCUT2D eigenvalue weighted by molar-refractivity contribution is 0.252. The Kier molecular flexibility index (Phi) is 5.07. The van der Waals surface area contributed by atoms with E-state index in [-0.39, 0.29) is 0 Å². The van der Waals surface area contributed by atoms with Crippen molar-refractivity contribution in [2.45, 2.75) is 25.3 Å². The fraction of sp³-hybridized carbons (Fsp3) is 1.00. The fourth-order valence-corrected chi connectivity index (χ4v) is 2.30. The number of nitrogens with zero attached hydrogens (tertiary/aromatic N) is 2. The molecule has 0 radical (unpaired) electrons. The molecule has 0 amide bonds. The highest BCUT2D eigenvalue weighted by Crippen LogP contribution is 2.18. The van der Waals surface area contributed by atoms with Crippen LogP contribution >= 0.6 is 11.6 Å². The minimum absolute atomic E-state index is 0.656. The Hall–Kier alpha value is 0.210. The lowest BCUT2D eigenvalue weighted by atomic mass is 10.2. The number of hydrogen-bond donors (Lipinski definition) is 0. The van der Waals surface area contributed by atoms with Crippen LogP contribution in [-0.2, 0) is 0 Å². The number of hydrogen-bond acceptors (Lipinski definition) is 2. The molecule has 1 heterocycles. The van der Waals surface area contributed by atoms with Gasteiger partial charge in [-0.15, -0.1) is 11.6 Å². The maximum atomic E-state index is 5.89. The Morgan fingerprint density at radius 1 is 1.46 bits per heavy atom. The first-order valence-electron chi connectivity index (χ1n) is 5.19. The van der Waals surface area contributed by atoms with Gasteiger partial charge in [-0.3, -0.25) is 4.90 Å². The van der Waals surface area contributed by atoms with Crippen LogP contribution < -0.4 is 0 Å². The highest BCUT2D eigenvalue weighted by Gasteiger charge is 2.22. The van der Waals surface area contributed by atoms with Crippen LogP contribution in [0.25, 0.3) is 0 Å². The average Bonchev–Trinajstić information content (AvgIpc) is 2.51. The Morgan fingerprint density at radius 2 is 2.23 bits per heavy atom. The summed E-state index contributed by atoms with van der Waals surface area (Å²) >= 11 is 5.89. The third kappa shape index (κ3) is 3.84. The molecule has 0 saturated carbocycles. The second-order valence-corrected chi connectivity index (χ2v) is 4.45. The van der Waals surface area contributed by atoms with E-state index >= 15 is 0 Å². The van der Waals surface area contributed by atoms with E-state index in [2.05, 4.69) is 23.9 Å². The van der Waals surface area contributed by atoms with Crippen LogP contribution in [0, 0.1) is 0 Å². The number of likely N-dealkylation sites (tertiary alicyclic amines) is 1. The van der Waals surface area contributed by atoms with E-state index in [9.17, 15) is 0 Å². The third-order valence-electron chi connectivity index (χ3n) is 2.73. The summed E-state index contributed by atoms with van der Waals surface area (Å²) in [5.74, 6) is 0.808. The van der Waals surface area contributed by atoms with E-state index in [1.807, 2.05) is 0 Å². The molecular formula is C10H21ClN2. The molecule has 1 aliphatic heterocycles. The van der Waals surface area contributed by atoms with Gasteiger partial charge in [-0.25, -0.2) is 0 Å². The van der Waals surface area contributed by atoms with Gasteiger partial charge in [-0.2, -0.15) is 0 Å². The molecule has 0 aromatic carbocycles. The molecule has 0 N–H and O–H groups in total. The summed E-state index contributed by atoms with van der Waals surface area (Å²) in [6, 6.07) is 0.656. The monoisotopic (exact) mass is 204 g/mol. The maximum Gasteiger partial charge on any atom is 0.0379 e. The van der Waals surface area contributed by atoms with Gasteiger partial charge in [0.2, 0.25) is 0 Å². The first-order chi connectivity index (χ1) is 6.24. The van der Waals surface area contributed by atoms with Crippen molar-refractivity contribution in [3.8, 4) is 0 Å². The van der Waals surface area contributed by atoms with Gasteiger partial charge >= 0.3 is 0 Å². The molecule has 2 nitrogen and oxygen atoms in total. The quantitative estimate of drug-likeness (QED) is 0.629. The molecule has 78 valence electrons. The lowest BCUT2D eigenvalue weighted by Crippen LogP contribution is -2.33. The minimum Gasteiger partial charge on any atom is -0.309 e. The molecule has 0 aliphatic carbocycles. The third-order valence-corrected chi connectivity index (χ3v) is 3.08. The molecule has 3 heteroatoms. The van der Waals surface area contributed by atoms with Crippen molar-refractivity contribution >= 4 is 11.6 Å². The van der Waals surface area contributed by atoms with Crippen LogP contribution in [0.4, 0.5) is 0 Å². The van der Waals surface area contributed by atoms with Crippen molar-refractivity contribution in [3.63, 3.8) is 0 Å². The lowest BCUT2D eigenvalue weighted by Gasteiger charge is -2.23. The number of halogens is 1. The standard InChI is InChI=1S/C10H21ClN2/c1-12(2)6-4-8-13-7-3-5-10(13)9-11/h10H,3-9H2,1-2H3.